The quantitative estimate of drug-likeness (QED) is 0.564. The predicted octanol–water partition coefficient (Wildman–Crippen LogP) is 2.84. The van der Waals surface area contributed by atoms with Gasteiger partial charge in [-0.3, -0.25) is 0 Å². The number of rotatable bonds is 6. The summed E-state index contributed by atoms with van der Waals surface area (Å²) in [6, 6.07) is 15.5. The maximum atomic E-state index is 5.34. The molecule has 2 aromatic heterocycles. The number of aromatic nitrogens is 5. The van der Waals surface area contributed by atoms with Crippen LogP contribution in [0.5, 0.6) is 11.5 Å². The van der Waals surface area contributed by atoms with E-state index in [0.29, 0.717) is 35.2 Å². The van der Waals surface area contributed by atoms with Crippen LogP contribution in [0.4, 0.5) is 5.95 Å². The summed E-state index contributed by atoms with van der Waals surface area (Å²) in [5.41, 5.74) is 3.19. The zero-order valence-electron chi connectivity index (χ0n) is 15.0. The monoisotopic (exact) mass is 362 g/mol. The molecule has 4 rings (SSSR count). The third kappa shape index (κ3) is 3.37. The Labute approximate surface area is 155 Å². The highest BCUT2D eigenvalue weighted by atomic mass is 16.5. The van der Waals surface area contributed by atoms with Crippen LogP contribution >= 0.6 is 0 Å². The number of fused-ring (bicyclic) bond motifs is 1. The summed E-state index contributed by atoms with van der Waals surface area (Å²) in [5, 5.41) is 11.5. The van der Waals surface area contributed by atoms with Gasteiger partial charge in [0.05, 0.1) is 26.1 Å². The van der Waals surface area contributed by atoms with Crippen molar-refractivity contribution >= 4 is 17.1 Å². The highest BCUT2D eigenvalue weighted by Gasteiger charge is 2.10. The molecular weight excluding hydrogens is 344 g/mol. The molecule has 0 unspecified atom stereocenters. The Kier molecular flexibility index (Phi) is 4.52. The molecule has 2 aromatic carbocycles. The fourth-order valence-corrected chi connectivity index (χ4v) is 2.73. The summed E-state index contributed by atoms with van der Waals surface area (Å²) in [6.07, 6.45) is 1.66. The highest BCUT2D eigenvalue weighted by molar-refractivity contribution is 5.71. The van der Waals surface area contributed by atoms with E-state index in [0.717, 1.165) is 11.3 Å². The zero-order chi connectivity index (χ0) is 18.6. The van der Waals surface area contributed by atoms with Crippen LogP contribution in [0.2, 0.25) is 0 Å². The van der Waals surface area contributed by atoms with Crippen molar-refractivity contribution in [1.29, 1.82) is 0 Å². The SMILES string of the molecule is COc1ccc(CNc2ncc3nnn(-c4ccccc4)c3n2)cc1OC. The first-order valence-corrected chi connectivity index (χ1v) is 8.37. The normalized spacial score (nSPS) is 10.7. The summed E-state index contributed by atoms with van der Waals surface area (Å²) in [5.74, 6) is 1.87. The molecule has 0 amide bonds. The molecule has 2 heterocycles. The fraction of sp³-hybridized carbons (Fsp3) is 0.158. The average molecular weight is 362 g/mol. The van der Waals surface area contributed by atoms with E-state index in [9.17, 15) is 0 Å². The van der Waals surface area contributed by atoms with Crippen molar-refractivity contribution in [2.75, 3.05) is 19.5 Å². The number of anilines is 1. The van der Waals surface area contributed by atoms with Crippen LogP contribution in [-0.2, 0) is 6.54 Å². The second kappa shape index (κ2) is 7.28. The van der Waals surface area contributed by atoms with Crippen molar-refractivity contribution < 1.29 is 9.47 Å². The molecule has 4 aromatic rings. The summed E-state index contributed by atoms with van der Waals surface area (Å²) >= 11 is 0. The standard InChI is InChI=1S/C19H18N6O2/c1-26-16-9-8-13(10-17(16)27-2)11-20-19-21-12-15-18(22-19)25(24-23-15)14-6-4-3-5-7-14/h3-10,12H,11H2,1-2H3,(H,20,21,22). The lowest BCUT2D eigenvalue weighted by molar-refractivity contribution is 0.354. The molecule has 0 aliphatic heterocycles. The molecule has 0 fully saturated rings. The Morgan fingerprint density at radius 3 is 2.59 bits per heavy atom. The van der Waals surface area contributed by atoms with Gasteiger partial charge in [0, 0.05) is 6.54 Å². The lowest BCUT2D eigenvalue weighted by Gasteiger charge is -2.10. The van der Waals surface area contributed by atoms with Gasteiger partial charge in [0.15, 0.2) is 22.7 Å². The van der Waals surface area contributed by atoms with Crippen LogP contribution < -0.4 is 14.8 Å². The van der Waals surface area contributed by atoms with Crippen LogP contribution in [0.3, 0.4) is 0 Å². The van der Waals surface area contributed by atoms with E-state index in [2.05, 4.69) is 25.6 Å². The van der Waals surface area contributed by atoms with Crippen LogP contribution in [0.15, 0.2) is 54.7 Å². The molecule has 8 nitrogen and oxygen atoms in total. The van der Waals surface area contributed by atoms with E-state index in [1.807, 2.05) is 48.5 Å². The van der Waals surface area contributed by atoms with Gasteiger partial charge in [0.1, 0.15) is 0 Å². The summed E-state index contributed by atoms with van der Waals surface area (Å²) in [7, 11) is 3.23. The third-order valence-corrected chi connectivity index (χ3v) is 4.09. The van der Waals surface area contributed by atoms with E-state index >= 15 is 0 Å². The Morgan fingerprint density at radius 1 is 1.00 bits per heavy atom. The van der Waals surface area contributed by atoms with Crippen LogP contribution in [-0.4, -0.2) is 39.2 Å². The molecule has 1 N–H and O–H groups in total. The number of hydrogen-bond donors (Lipinski definition) is 1. The number of para-hydroxylation sites is 1. The van der Waals surface area contributed by atoms with Crippen LogP contribution in [0.1, 0.15) is 5.56 Å². The van der Waals surface area contributed by atoms with Gasteiger partial charge in [0.25, 0.3) is 0 Å². The molecule has 0 aliphatic carbocycles. The van der Waals surface area contributed by atoms with Crippen molar-refractivity contribution in [2.24, 2.45) is 0 Å². The smallest absolute Gasteiger partial charge is 0.225 e. The minimum Gasteiger partial charge on any atom is -0.493 e. The van der Waals surface area contributed by atoms with Crippen molar-refractivity contribution in [2.45, 2.75) is 6.54 Å². The molecule has 0 spiro atoms. The van der Waals surface area contributed by atoms with E-state index < -0.39 is 0 Å². The molecule has 0 saturated carbocycles. The van der Waals surface area contributed by atoms with Crippen molar-refractivity contribution in [3.63, 3.8) is 0 Å². The lowest BCUT2D eigenvalue weighted by Crippen LogP contribution is -2.05. The molecule has 0 atom stereocenters. The van der Waals surface area contributed by atoms with E-state index in [4.69, 9.17) is 9.47 Å². The molecule has 136 valence electrons. The minimum atomic E-state index is 0.497. The summed E-state index contributed by atoms with van der Waals surface area (Å²) in [4.78, 5) is 8.87. The van der Waals surface area contributed by atoms with Crippen LogP contribution in [0, 0.1) is 0 Å². The highest BCUT2D eigenvalue weighted by Crippen LogP contribution is 2.27. The van der Waals surface area contributed by atoms with E-state index in [-0.39, 0.29) is 0 Å². The van der Waals surface area contributed by atoms with Gasteiger partial charge in [-0.05, 0) is 29.8 Å². The Balaban J connectivity index is 1.58. The number of methoxy groups -OCH3 is 2. The van der Waals surface area contributed by atoms with Gasteiger partial charge in [-0.2, -0.15) is 9.67 Å². The Bertz CT molecular complexity index is 1060. The van der Waals surface area contributed by atoms with E-state index in [1.165, 1.54) is 0 Å². The maximum absolute atomic E-state index is 5.34. The lowest BCUT2D eigenvalue weighted by atomic mass is 10.2. The largest absolute Gasteiger partial charge is 0.493 e. The Morgan fingerprint density at radius 2 is 1.81 bits per heavy atom. The van der Waals surface area contributed by atoms with E-state index in [1.54, 1.807) is 25.1 Å². The van der Waals surface area contributed by atoms with Gasteiger partial charge < -0.3 is 14.8 Å². The molecule has 0 saturated heterocycles. The van der Waals surface area contributed by atoms with Gasteiger partial charge in [-0.1, -0.05) is 29.5 Å². The fourth-order valence-electron chi connectivity index (χ4n) is 2.73. The molecule has 27 heavy (non-hydrogen) atoms. The molecule has 0 radical (unpaired) electrons. The maximum Gasteiger partial charge on any atom is 0.225 e. The number of benzene rings is 2. The van der Waals surface area contributed by atoms with Gasteiger partial charge in [0.2, 0.25) is 5.95 Å². The second-order valence-corrected chi connectivity index (χ2v) is 5.78. The van der Waals surface area contributed by atoms with Gasteiger partial charge in [-0.15, -0.1) is 5.10 Å². The summed E-state index contributed by atoms with van der Waals surface area (Å²) < 4.78 is 12.3. The summed E-state index contributed by atoms with van der Waals surface area (Å²) in [6.45, 7) is 0.540. The molecule has 0 aliphatic rings. The second-order valence-electron chi connectivity index (χ2n) is 5.78. The van der Waals surface area contributed by atoms with Gasteiger partial charge >= 0.3 is 0 Å². The number of nitrogens with zero attached hydrogens (tertiary/aromatic N) is 5. The molecular formula is C19H18N6O2. The minimum absolute atomic E-state index is 0.497. The first-order valence-electron chi connectivity index (χ1n) is 8.37. The first kappa shape index (κ1) is 16.8. The number of ether oxygens (including phenoxy) is 2. The predicted molar refractivity (Wildman–Crippen MR) is 101 cm³/mol. The van der Waals surface area contributed by atoms with Gasteiger partial charge in [-0.25, -0.2) is 4.98 Å². The molecule has 0 bridgehead atoms. The topological polar surface area (TPSA) is 87.0 Å². The first-order chi connectivity index (χ1) is 13.3. The van der Waals surface area contributed by atoms with Crippen molar-refractivity contribution in [3.8, 4) is 17.2 Å². The van der Waals surface area contributed by atoms with Crippen molar-refractivity contribution in [1.82, 2.24) is 25.0 Å². The van der Waals surface area contributed by atoms with Crippen LogP contribution in [0.25, 0.3) is 16.9 Å². The number of hydrogen-bond acceptors (Lipinski definition) is 7. The average Bonchev–Trinajstić information content (AvgIpc) is 3.16. The number of nitrogens with one attached hydrogen (secondary N) is 1. The third-order valence-electron chi connectivity index (χ3n) is 4.09. The van der Waals surface area contributed by atoms with Crippen molar-refractivity contribution in [3.05, 3.63) is 60.3 Å². The zero-order valence-corrected chi connectivity index (χ0v) is 15.0. The molecule has 8 heteroatoms. The Hall–Kier alpha value is -3.68.